The van der Waals surface area contributed by atoms with Crippen molar-refractivity contribution < 1.29 is 0 Å². The average molecular weight is 224 g/mol. The zero-order valence-electron chi connectivity index (χ0n) is 9.83. The molecule has 0 saturated carbocycles. The smallest absolute Gasteiger partial charge is 0.317 e. The molecule has 0 radical (unpaired) electrons. The van der Waals surface area contributed by atoms with E-state index in [1.54, 1.807) is 0 Å². The molecule has 1 aromatic rings. The van der Waals surface area contributed by atoms with Crippen LogP contribution in [0.15, 0.2) is 4.79 Å². The number of unbranched alkanes of at least 4 members (excludes halogenated alkanes) is 1. The molecular weight excluding hydrogens is 204 g/mol. The van der Waals surface area contributed by atoms with E-state index in [1.807, 2.05) is 4.57 Å². The SMILES string of the molecule is CCCCn1c(C2CCNCC2)n[nH]c1=O. The van der Waals surface area contributed by atoms with Crippen LogP contribution in [0.5, 0.6) is 0 Å². The van der Waals surface area contributed by atoms with Gasteiger partial charge < -0.3 is 5.32 Å². The first-order chi connectivity index (χ1) is 7.83. The van der Waals surface area contributed by atoms with Gasteiger partial charge in [-0.2, -0.15) is 5.10 Å². The third-order valence-corrected chi connectivity index (χ3v) is 3.23. The Hall–Kier alpha value is -1.10. The summed E-state index contributed by atoms with van der Waals surface area (Å²) in [6.45, 7) is 4.99. The fourth-order valence-electron chi connectivity index (χ4n) is 2.25. The highest BCUT2D eigenvalue weighted by atomic mass is 16.1. The van der Waals surface area contributed by atoms with Crippen molar-refractivity contribution in [3.8, 4) is 0 Å². The van der Waals surface area contributed by atoms with Gasteiger partial charge >= 0.3 is 5.69 Å². The number of nitrogens with zero attached hydrogens (tertiary/aromatic N) is 2. The molecule has 1 fully saturated rings. The van der Waals surface area contributed by atoms with E-state index in [2.05, 4.69) is 22.4 Å². The highest BCUT2D eigenvalue weighted by Gasteiger charge is 2.21. The number of hydrogen-bond acceptors (Lipinski definition) is 3. The van der Waals surface area contributed by atoms with E-state index in [-0.39, 0.29) is 5.69 Å². The van der Waals surface area contributed by atoms with Crippen LogP contribution < -0.4 is 11.0 Å². The zero-order chi connectivity index (χ0) is 11.4. The number of aromatic amines is 1. The molecule has 2 rings (SSSR count). The first kappa shape index (κ1) is 11.4. The predicted octanol–water partition coefficient (Wildman–Crippen LogP) is 0.838. The Labute approximate surface area is 95.2 Å². The maximum Gasteiger partial charge on any atom is 0.343 e. The van der Waals surface area contributed by atoms with Crippen molar-refractivity contribution in [2.75, 3.05) is 13.1 Å². The molecule has 0 amide bonds. The molecule has 0 aromatic carbocycles. The van der Waals surface area contributed by atoms with Gasteiger partial charge in [0.2, 0.25) is 0 Å². The minimum atomic E-state index is -0.0537. The van der Waals surface area contributed by atoms with Crippen molar-refractivity contribution >= 4 is 0 Å². The van der Waals surface area contributed by atoms with E-state index in [9.17, 15) is 4.79 Å². The largest absolute Gasteiger partial charge is 0.343 e. The van der Waals surface area contributed by atoms with E-state index < -0.39 is 0 Å². The van der Waals surface area contributed by atoms with Gasteiger partial charge in [0.15, 0.2) is 0 Å². The molecule has 0 bridgehead atoms. The first-order valence-electron chi connectivity index (χ1n) is 6.18. The normalized spacial score (nSPS) is 17.8. The summed E-state index contributed by atoms with van der Waals surface area (Å²) >= 11 is 0. The fourth-order valence-corrected chi connectivity index (χ4v) is 2.25. The van der Waals surface area contributed by atoms with Crippen molar-refractivity contribution in [2.24, 2.45) is 0 Å². The van der Waals surface area contributed by atoms with Gasteiger partial charge in [-0.1, -0.05) is 13.3 Å². The maximum atomic E-state index is 11.6. The lowest BCUT2D eigenvalue weighted by Gasteiger charge is -2.22. The minimum Gasteiger partial charge on any atom is -0.317 e. The molecule has 0 unspecified atom stereocenters. The van der Waals surface area contributed by atoms with Crippen LogP contribution in [0.25, 0.3) is 0 Å². The summed E-state index contributed by atoms with van der Waals surface area (Å²) in [6, 6.07) is 0. The van der Waals surface area contributed by atoms with Gasteiger partial charge in [-0.15, -0.1) is 0 Å². The van der Waals surface area contributed by atoms with Crippen LogP contribution in [0.2, 0.25) is 0 Å². The molecular formula is C11H20N4O. The topological polar surface area (TPSA) is 62.7 Å². The standard InChI is InChI=1S/C11H20N4O/c1-2-3-8-15-10(13-14-11(15)16)9-4-6-12-7-5-9/h9,12H,2-8H2,1H3,(H,14,16). The lowest BCUT2D eigenvalue weighted by molar-refractivity contribution is 0.425. The molecule has 0 spiro atoms. The summed E-state index contributed by atoms with van der Waals surface area (Å²) in [5, 5.41) is 10.1. The monoisotopic (exact) mass is 224 g/mol. The quantitative estimate of drug-likeness (QED) is 0.796. The minimum absolute atomic E-state index is 0.0537. The van der Waals surface area contributed by atoms with Gasteiger partial charge in [-0.05, 0) is 32.4 Å². The zero-order valence-corrected chi connectivity index (χ0v) is 9.83. The Morgan fingerprint density at radius 3 is 2.88 bits per heavy atom. The number of hydrogen-bond donors (Lipinski definition) is 2. The van der Waals surface area contributed by atoms with Crippen LogP contribution in [0.3, 0.4) is 0 Å². The van der Waals surface area contributed by atoms with Gasteiger partial charge in [0.05, 0.1) is 0 Å². The van der Waals surface area contributed by atoms with Gasteiger partial charge in [0.1, 0.15) is 5.82 Å². The average Bonchev–Trinajstić information content (AvgIpc) is 2.69. The van der Waals surface area contributed by atoms with E-state index >= 15 is 0 Å². The number of aromatic nitrogens is 3. The van der Waals surface area contributed by atoms with Crippen molar-refractivity contribution in [1.82, 2.24) is 20.1 Å². The molecule has 5 heteroatoms. The van der Waals surface area contributed by atoms with Gasteiger partial charge in [0, 0.05) is 12.5 Å². The molecule has 1 aromatic heterocycles. The lowest BCUT2D eigenvalue weighted by atomic mass is 9.97. The summed E-state index contributed by atoms with van der Waals surface area (Å²) in [6.07, 6.45) is 4.30. The predicted molar refractivity (Wildman–Crippen MR) is 62.6 cm³/mol. The Kier molecular flexibility index (Phi) is 3.77. The van der Waals surface area contributed by atoms with Gasteiger partial charge in [-0.25, -0.2) is 9.89 Å². The second-order valence-electron chi connectivity index (χ2n) is 4.42. The molecule has 16 heavy (non-hydrogen) atoms. The number of rotatable bonds is 4. The van der Waals surface area contributed by atoms with E-state index in [1.165, 1.54) is 0 Å². The number of H-pyrrole nitrogens is 1. The molecule has 1 aliphatic heterocycles. The Balaban J connectivity index is 2.15. The highest BCUT2D eigenvalue weighted by molar-refractivity contribution is 4.98. The van der Waals surface area contributed by atoms with Crippen LogP contribution in [0.1, 0.15) is 44.3 Å². The highest BCUT2D eigenvalue weighted by Crippen LogP contribution is 2.22. The van der Waals surface area contributed by atoms with Crippen LogP contribution in [0, 0.1) is 0 Å². The maximum absolute atomic E-state index is 11.6. The summed E-state index contributed by atoms with van der Waals surface area (Å²) in [5.41, 5.74) is -0.0537. The number of nitrogens with one attached hydrogen (secondary N) is 2. The first-order valence-corrected chi connectivity index (χ1v) is 6.18. The third kappa shape index (κ3) is 2.35. The Morgan fingerprint density at radius 2 is 2.19 bits per heavy atom. The summed E-state index contributed by atoms with van der Waals surface area (Å²) < 4.78 is 1.82. The molecule has 2 heterocycles. The van der Waals surface area contributed by atoms with Crippen LogP contribution in [0.4, 0.5) is 0 Å². The van der Waals surface area contributed by atoms with Crippen molar-refractivity contribution in [3.05, 3.63) is 16.3 Å². The molecule has 0 aliphatic carbocycles. The van der Waals surface area contributed by atoms with Crippen LogP contribution in [-0.4, -0.2) is 27.9 Å². The molecule has 90 valence electrons. The molecule has 2 N–H and O–H groups in total. The second-order valence-corrected chi connectivity index (χ2v) is 4.42. The Morgan fingerprint density at radius 1 is 1.44 bits per heavy atom. The Bertz CT molecular complexity index is 376. The summed E-state index contributed by atoms with van der Waals surface area (Å²) in [5.74, 6) is 1.40. The van der Waals surface area contributed by atoms with Gasteiger partial charge in [0.25, 0.3) is 0 Å². The third-order valence-electron chi connectivity index (χ3n) is 3.23. The summed E-state index contributed by atoms with van der Waals surface area (Å²) in [4.78, 5) is 11.6. The van der Waals surface area contributed by atoms with E-state index in [4.69, 9.17) is 0 Å². The summed E-state index contributed by atoms with van der Waals surface area (Å²) in [7, 11) is 0. The molecule has 1 saturated heterocycles. The van der Waals surface area contributed by atoms with Crippen LogP contribution in [-0.2, 0) is 6.54 Å². The second kappa shape index (κ2) is 5.30. The van der Waals surface area contributed by atoms with Crippen molar-refractivity contribution in [3.63, 3.8) is 0 Å². The van der Waals surface area contributed by atoms with Crippen molar-refractivity contribution in [2.45, 2.75) is 45.1 Å². The van der Waals surface area contributed by atoms with Gasteiger partial charge in [-0.3, -0.25) is 4.57 Å². The molecule has 0 atom stereocenters. The van der Waals surface area contributed by atoms with Crippen molar-refractivity contribution in [1.29, 1.82) is 0 Å². The molecule has 1 aliphatic rings. The fraction of sp³-hybridized carbons (Fsp3) is 0.818. The molecule has 5 nitrogen and oxygen atoms in total. The number of piperidine rings is 1. The van der Waals surface area contributed by atoms with E-state index in [0.29, 0.717) is 5.92 Å². The lowest BCUT2D eigenvalue weighted by Crippen LogP contribution is -2.29. The van der Waals surface area contributed by atoms with Crippen LogP contribution >= 0.6 is 0 Å². The van der Waals surface area contributed by atoms with E-state index in [0.717, 1.165) is 51.1 Å².